The van der Waals surface area contributed by atoms with Crippen LogP contribution in [0.3, 0.4) is 0 Å². The number of aromatic amines is 1. The molecule has 36 heavy (non-hydrogen) atoms. The quantitative estimate of drug-likeness (QED) is 0.413. The second kappa shape index (κ2) is 9.48. The molecule has 9 nitrogen and oxygen atoms in total. The van der Waals surface area contributed by atoms with Gasteiger partial charge >= 0.3 is 0 Å². The number of hydrogen-bond acceptors (Lipinski definition) is 6. The van der Waals surface area contributed by atoms with Crippen LogP contribution in [0, 0.1) is 0 Å². The molecule has 0 saturated heterocycles. The van der Waals surface area contributed by atoms with E-state index in [-0.39, 0.29) is 17.4 Å². The van der Waals surface area contributed by atoms with Gasteiger partial charge in [-0.2, -0.15) is 5.10 Å². The summed E-state index contributed by atoms with van der Waals surface area (Å²) in [7, 11) is -0.593. The number of carbonyl (C=O) groups excluding carboxylic acids is 1. The van der Waals surface area contributed by atoms with Gasteiger partial charge in [0, 0.05) is 37.1 Å². The van der Waals surface area contributed by atoms with Gasteiger partial charge in [-0.15, -0.1) is 0 Å². The highest BCUT2D eigenvalue weighted by atomic mass is 32.2. The number of nitrogens with zero attached hydrogens (tertiary/aromatic N) is 2. The summed E-state index contributed by atoms with van der Waals surface area (Å²) in [6.45, 7) is 0.0857. The van der Waals surface area contributed by atoms with Crippen molar-refractivity contribution >= 4 is 21.6 Å². The molecule has 2 N–H and O–H groups in total. The van der Waals surface area contributed by atoms with E-state index in [1.165, 1.54) is 14.1 Å². The minimum Gasteiger partial charge on any atom is -0.485 e. The lowest BCUT2D eigenvalue weighted by Crippen LogP contribution is -2.40. The Labute approximate surface area is 208 Å². The summed E-state index contributed by atoms with van der Waals surface area (Å²) in [5.74, 6) is 0.755. The standard InChI is InChI=1S/C26H24N4O5S/c1-30(2)36(32,33)20-10-7-17(8-11-20)21-13-18(19-14-27-28-15-19)9-12-22(21)29-26(31)25-16-34-23-5-3-4-6-24(23)35-25/h3-15,25H,16H2,1-2H3,(H,27,28)(H,29,31). The first-order valence-electron chi connectivity index (χ1n) is 11.2. The molecule has 10 heteroatoms. The van der Waals surface area contributed by atoms with E-state index in [1.54, 1.807) is 54.9 Å². The normalized spacial score (nSPS) is 15.0. The van der Waals surface area contributed by atoms with Gasteiger partial charge < -0.3 is 14.8 Å². The lowest BCUT2D eigenvalue weighted by molar-refractivity contribution is -0.125. The fourth-order valence-electron chi connectivity index (χ4n) is 3.86. The van der Waals surface area contributed by atoms with Gasteiger partial charge in [-0.3, -0.25) is 9.89 Å². The first kappa shape index (κ1) is 23.6. The predicted octanol–water partition coefficient (Wildman–Crippen LogP) is 3.77. The van der Waals surface area contributed by atoms with Crippen molar-refractivity contribution in [1.29, 1.82) is 0 Å². The molecule has 184 valence electrons. The highest BCUT2D eigenvalue weighted by Crippen LogP contribution is 2.35. The van der Waals surface area contributed by atoms with Crippen LogP contribution in [-0.2, 0) is 14.8 Å². The number of H-pyrrole nitrogens is 1. The van der Waals surface area contributed by atoms with Gasteiger partial charge in [-0.25, -0.2) is 12.7 Å². The van der Waals surface area contributed by atoms with Crippen molar-refractivity contribution in [3.05, 3.63) is 79.1 Å². The van der Waals surface area contributed by atoms with Crippen LogP contribution in [0.15, 0.2) is 84.0 Å². The number of fused-ring (bicyclic) bond motifs is 1. The first-order chi connectivity index (χ1) is 17.3. The molecular formula is C26H24N4O5S. The van der Waals surface area contributed by atoms with E-state index in [1.807, 2.05) is 24.3 Å². The Kier molecular flexibility index (Phi) is 6.21. The summed E-state index contributed by atoms with van der Waals surface area (Å²) in [6.07, 6.45) is 2.65. The number of carbonyl (C=O) groups is 1. The maximum absolute atomic E-state index is 13.1. The minimum absolute atomic E-state index is 0.0857. The van der Waals surface area contributed by atoms with Crippen molar-refractivity contribution in [1.82, 2.24) is 14.5 Å². The first-order valence-corrected chi connectivity index (χ1v) is 12.6. The highest BCUT2D eigenvalue weighted by Gasteiger charge is 2.28. The summed E-state index contributed by atoms with van der Waals surface area (Å²) < 4.78 is 37.7. The maximum atomic E-state index is 13.1. The number of para-hydroxylation sites is 2. The van der Waals surface area contributed by atoms with Crippen molar-refractivity contribution in [2.45, 2.75) is 11.0 Å². The predicted molar refractivity (Wildman–Crippen MR) is 135 cm³/mol. The van der Waals surface area contributed by atoms with Crippen LogP contribution in [0.1, 0.15) is 0 Å². The third-order valence-electron chi connectivity index (χ3n) is 5.85. The van der Waals surface area contributed by atoms with Gasteiger partial charge in [-0.1, -0.05) is 30.3 Å². The summed E-state index contributed by atoms with van der Waals surface area (Å²) in [5.41, 5.74) is 3.76. The highest BCUT2D eigenvalue weighted by molar-refractivity contribution is 7.89. The zero-order chi connectivity index (χ0) is 25.3. The molecular weight excluding hydrogens is 480 g/mol. The van der Waals surface area contributed by atoms with Crippen LogP contribution in [0.4, 0.5) is 5.69 Å². The fourth-order valence-corrected chi connectivity index (χ4v) is 4.76. The largest absolute Gasteiger partial charge is 0.485 e. The van der Waals surface area contributed by atoms with Crippen molar-refractivity contribution in [2.75, 3.05) is 26.0 Å². The van der Waals surface area contributed by atoms with Crippen LogP contribution < -0.4 is 14.8 Å². The van der Waals surface area contributed by atoms with Crippen LogP contribution >= 0.6 is 0 Å². The van der Waals surface area contributed by atoms with Crippen LogP contribution in [0.2, 0.25) is 0 Å². The second-order valence-electron chi connectivity index (χ2n) is 8.41. The third kappa shape index (κ3) is 4.56. The van der Waals surface area contributed by atoms with E-state index >= 15 is 0 Å². The molecule has 1 unspecified atom stereocenters. The van der Waals surface area contributed by atoms with Crippen molar-refractivity contribution in [3.63, 3.8) is 0 Å². The fraction of sp³-hybridized carbons (Fsp3) is 0.154. The molecule has 3 aromatic carbocycles. The van der Waals surface area contributed by atoms with E-state index in [0.717, 1.165) is 21.0 Å². The van der Waals surface area contributed by atoms with E-state index in [0.29, 0.717) is 22.7 Å². The summed E-state index contributed by atoms with van der Waals surface area (Å²) in [5, 5.41) is 9.76. The molecule has 1 aliphatic heterocycles. The molecule has 0 spiro atoms. The number of ether oxygens (including phenoxy) is 2. The van der Waals surface area contributed by atoms with Gasteiger partial charge in [0.2, 0.25) is 16.1 Å². The molecule has 4 aromatic rings. The summed E-state index contributed by atoms with van der Waals surface area (Å²) >= 11 is 0. The third-order valence-corrected chi connectivity index (χ3v) is 7.68. The van der Waals surface area contributed by atoms with E-state index in [4.69, 9.17) is 9.47 Å². The molecule has 1 aromatic heterocycles. The van der Waals surface area contributed by atoms with E-state index in [9.17, 15) is 13.2 Å². The molecule has 1 atom stereocenters. The van der Waals surface area contributed by atoms with Crippen molar-refractivity contribution in [3.8, 4) is 33.8 Å². The molecule has 1 amide bonds. The maximum Gasteiger partial charge on any atom is 0.269 e. The Bertz CT molecular complexity index is 1500. The number of sulfonamides is 1. The molecule has 0 fully saturated rings. The number of amides is 1. The Morgan fingerprint density at radius 2 is 1.72 bits per heavy atom. The smallest absolute Gasteiger partial charge is 0.269 e. The van der Waals surface area contributed by atoms with E-state index < -0.39 is 16.1 Å². The number of anilines is 1. The second-order valence-corrected chi connectivity index (χ2v) is 10.6. The summed E-state index contributed by atoms with van der Waals surface area (Å²) in [6, 6.07) is 19.3. The van der Waals surface area contributed by atoms with Crippen LogP contribution in [-0.4, -0.2) is 55.6 Å². The molecule has 0 bridgehead atoms. The zero-order valence-electron chi connectivity index (χ0n) is 19.6. The lowest BCUT2D eigenvalue weighted by Gasteiger charge is -2.26. The van der Waals surface area contributed by atoms with Crippen molar-refractivity contribution < 1.29 is 22.7 Å². The van der Waals surface area contributed by atoms with Crippen LogP contribution in [0.5, 0.6) is 11.5 Å². The molecule has 0 saturated carbocycles. The number of hydrogen-bond donors (Lipinski definition) is 2. The molecule has 1 aliphatic rings. The topological polar surface area (TPSA) is 114 Å². The lowest BCUT2D eigenvalue weighted by atomic mass is 9.98. The Balaban J connectivity index is 1.47. The Hall–Kier alpha value is -4.15. The van der Waals surface area contributed by atoms with Gasteiger partial charge in [0.15, 0.2) is 11.5 Å². The number of rotatable bonds is 6. The van der Waals surface area contributed by atoms with Crippen molar-refractivity contribution in [2.24, 2.45) is 0 Å². The Morgan fingerprint density at radius 3 is 2.42 bits per heavy atom. The number of aromatic nitrogens is 2. The van der Waals surface area contributed by atoms with Gasteiger partial charge in [0.25, 0.3) is 5.91 Å². The average Bonchev–Trinajstić information content (AvgIpc) is 3.44. The average molecular weight is 505 g/mol. The monoisotopic (exact) mass is 504 g/mol. The number of nitrogens with one attached hydrogen (secondary N) is 2. The van der Waals surface area contributed by atoms with Gasteiger partial charge in [-0.05, 0) is 47.5 Å². The molecule has 5 rings (SSSR count). The summed E-state index contributed by atoms with van der Waals surface area (Å²) in [4.78, 5) is 13.3. The van der Waals surface area contributed by atoms with Gasteiger partial charge in [0.1, 0.15) is 6.61 Å². The SMILES string of the molecule is CN(C)S(=O)(=O)c1ccc(-c2cc(-c3cn[nH]c3)ccc2NC(=O)C2COc3ccccc3O2)cc1. The van der Waals surface area contributed by atoms with Gasteiger partial charge in [0.05, 0.1) is 11.1 Å². The Morgan fingerprint density at radius 1 is 1.00 bits per heavy atom. The molecule has 2 heterocycles. The minimum atomic E-state index is -3.57. The van der Waals surface area contributed by atoms with E-state index in [2.05, 4.69) is 15.5 Å². The van der Waals surface area contributed by atoms with Crippen LogP contribution in [0.25, 0.3) is 22.3 Å². The zero-order valence-corrected chi connectivity index (χ0v) is 20.5. The number of benzene rings is 3. The molecule has 0 aliphatic carbocycles. The molecule has 0 radical (unpaired) electrons.